The van der Waals surface area contributed by atoms with Crippen LogP contribution >= 0.6 is 7.52 Å². The molecule has 1 heterocycles. The Morgan fingerprint density at radius 3 is 3.00 bits per heavy atom. The van der Waals surface area contributed by atoms with E-state index in [2.05, 4.69) is 5.09 Å². The van der Waals surface area contributed by atoms with Gasteiger partial charge in [0.25, 0.3) is 13.4 Å². The maximum atomic E-state index is 13.2. The highest BCUT2D eigenvalue weighted by Crippen LogP contribution is 2.46. The number of hydrogen-bond donors (Lipinski definition) is 2. The largest absolute Gasteiger partial charge is 0.333 e. The van der Waals surface area contributed by atoms with Gasteiger partial charge in [-0.25, -0.2) is 14.5 Å². The summed E-state index contributed by atoms with van der Waals surface area (Å²) in [6.07, 6.45) is 2.70. The second-order valence-corrected chi connectivity index (χ2v) is 8.06. The number of halogens is 1. The summed E-state index contributed by atoms with van der Waals surface area (Å²) in [4.78, 5) is 28.1. The Hall–Kier alpha value is -1.27. The summed E-state index contributed by atoms with van der Waals surface area (Å²) >= 11 is 0. The second-order valence-electron chi connectivity index (χ2n) is 5.87. The molecule has 2 unspecified atom stereocenters. The van der Waals surface area contributed by atoms with E-state index in [9.17, 15) is 18.6 Å². The van der Waals surface area contributed by atoms with E-state index in [0.717, 1.165) is 12.8 Å². The molecule has 2 N–H and O–H groups in total. The minimum absolute atomic E-state index is 0.0199. The number of amides is 1. The standard InChI is InChI=1S/C16H24FN2O4P/c1-2-3-10-23-19-9-5-8-15(16(19)20)24(21,22)18-12-13-6-4-7-14(17)11-13/h4,6-7,11,15H,2-3,5,8-10,12H2,1H3,(H2,18,21,22). The Morgan fingerprint density at radius 2 is 2.29 bits per heavy atom. The number of piperidine rings is 1. The first-order chi connectivity index (χ1) is 11.4. The van der Waals surface area contributed by atoms with Gasteiger partial charge in [0.05, 0.1) is 6.61 Å². The predicted molar refractivity (Wildman–Crippen MR) is 88.7 cm³/mol. The van der Waals surface area contributed by atoms with Crippen LogP contribution in [0.4, 0.5) is 4.39 Å². The smallest absolute Gasteiger partial charge is 0.279 e. The topological polar surface area (TPSA) is 78.9 Å². The third-order valence-electron chi connectivity index (χ3n) is 3.94. The predicted octanol–water partition coefficient (Wildman–Crippen LogP) is 2.82. The molecule has 0 radical (unpaired) electrons. The number of unbranched alkanes of at least 4 members (excludes halogenated alkanes) is 1. The lowest BCUT2D eigenvalue weighted by Gasteiger charge is -2.33. The number of carbonyl (C=O) groups is 1. The highest BCUT2D eigenvalue weighted by Gasteiger charge is 2.42. The number of nitrogens with one attached hydrogen (secondary N) is 1. The zero-order valence-corrected chi connectivity index (χ0v) is 14.7. The highest BCUT2D eigenvalue weighted by molar-refractivity contribution is 7.57. The van der Waals surface area contributed by atoms with E-state index >= 15 is 0 Å². The van der Waals surface area contributed by atoms with Crippen LogP contribution in [0.2, 0.25) is 0 Å². The van der Waals surface area contributed by atoms with Crippen LogP contribution in [0.25, 0.3) is 0 Å². The third-order valence-corrected chi connectivity index (χ3v) is 5.87. The zero-order chi connectivity index (χ0) is 17.6. The monoisotopic (exact) mass is 358 g/mol. The van der Waals surface area contributed by atoms with Gasteiger partial charge in [-0.05, 0) is 37.0 Å². The van der Waals surface area contributed by atoms with Crippen LogP contribution in [-0.4, -0.2) is 34.7 Å². The molecule has 1 fully saturated rings. The molecule has 0 aliphatic carbocycles. The van der Waals surface area contributed by atoms with Crippen molar-refractivity contribution in [2.45, 2.75) is 44.8 Å². The van der Waals surface area contributed by atoms with Crippen molar-refractivity contribution < 1.29 is 23.5 Å². The molecule has 1 aliphatic heterocycles. The average Bonchev–Trinajstić information content (AvgIpc) is 2.55. The maximum Gasteiger partial charge on any atom is 0.279 e. The Labute approximate surface area is 141 Å². The molecule has 0 spiro atoms. The van der Waals surface area contributed by atoms with Crippen molar-refractivity contribution in [2.75, 3.05) is 13.2 Å². The molecule has 1 saturated heterocycles. The van der Waals surface area contributed by atoms with Gasteiger partial charge in [-0.1, -0.05) is 25.5 Å². The Morgan fingerprint density at radius 1 is 1.50 bits per heavy atom. The molecule has 1 aromatic rings. The van der Waals surface area contributed by atoms with E-state index < -0.39 is 24.9 Å². The summed E-state index contributed by atoms with van der Waals surface area (Å²) in [7, 11) is -3.92. The average molecular weight is 358 g/mol. The Bertz CT molecular complexity index is 613. The first-order valence-electron chi connectivity index (χ1n) is 8.20. The summed E-state index contributed by atoms with van der Waals surface area (Å²) in [6, 6.07) is 5.77. The molecule has 8 heteroatoms. The van der Waals surface area contributed by atoms with E-state index in [-0.39, 0.29) is 6.54 Å². The summed E-state index contributed by atoms with van der Waals surface area (Å²) in [5.74, 6) is -0.874. The van der Waals surface area contributed by atoms with Crippen LogP contribution in [0.1, 0.15) is 38.2 Å². The SMILES string of the molecule is CCCCON1CCCC(P(=O)(O)NCc2cccc(F)c2)C1=O. The van der Waals surface area contributed by atoms with E-state index in [1.165, 1.54) is 23.3 Å². The van der Waals surface area contributed by atoms with Gasteiger partial charge in [-0.15, -0.1) is 0 Å². The van der Waals surface area contributed by atoms with Crippen LogP contribution in [0.3, 0.4) is 0 Å². The lowest BCUT2D eigenvalue weighted by Crippen LogP contribution is -2.45. The fraction of sp³-hybridized carbons (Fsp3) is 0.562. The second kappa shape index (κ2) is 8.72. The van der Waals surface area contributed by atoms with Gasteiger partial charge in [0.1, 0.15) is 11.5 Å². The summed E-state index contributed by atoms with van der Waals surface area (Å²) in [5, 5.41) is 3.74. The van der Waals surface area contributed by atoms with Gasteiger partial charge in [0.2, 0.25) is 0 Å². The fourth-order valence-electron chi connectivity index (χ4n) is 2.56. The number of nitrogens with zero attached hydrogens (tertiary/aromatic N) is 1. The first kappa shape index (κ1) is 19.1. The van der Waals surface area contributed by atoms with Gasteiger partial charge >= 0.3 is 0 Å². The van der Waals surface area contributed by atoms with Crippen molar-refractivity contribution in [2.24, 2.45) is 0 Å². The quantitative estimate of drug-likeness (QED) is 0.552. The molecule has 0 bridgehead atoms. The van der Waals surface area contributed by atoms with Crippen molar-refractivity contribution in [3.63, 3.8) is 0 Å². The van der Waals surface area contributed by atoms with Crippen LogP contribution in [-0.2, 0) is 20.7 Å². The van der Waals surface area contributed by atoms with Crippen LogP contribution in [0, 0.1) is 5.82 Å². The zero-order valence-electron chi connectivity index (χ0n) is 13.8. The molecule has 134 valence electrons. The Kier molecular flexibility index (Phi) is 6.92. The molecular formula is C16H24FN2O4P. The van der Waals surface area contributed by atoms with Gasteiger partial charge in [-0.3, -0.25) is 14.2 Å². The lowest BCUT2D eigenvalue weighted by atomic mass is 10.1. The number of carbonyl (C=O) groups excluding carboxylic acids is 1. The van der Waals surface area contributed by atoms with Crippen molar-refractivity contribution >= 4 is 13.4 Å². The molecular weight excluding hydrogens is 334 g/mol. The van der Waals surface area contributed by atoms with Gasteiger partial charge in [0.15, 0.2) is 0 Å². The van der Waals surface area contributed by atoms with Gasteiger partial charge in [0, 0.05) is 13.1 Å². The van der Waals surface area contributed by atoms with Crippen molar-refractivity contribution in [1.29, 1.82) is 0 Å². The van der Waals surface area contributed by atoms with Crippen molar-refractivity contribution in [3.8, 4) is 0 Å². The molecule has 24 heavy (non-hydrogen) atoms. The molecule has 0 saturated carbocycles. The van der Waals surface area contributed by atoms with Crippen molar-refractivity contribution in [1.82, 2.24) is 10.2 Å². The fourth-order valence-corrected chi connectivity index (χ4v) is 4.15. The van der Waals surface area contributed by atoms with Crippen molar-refractivity contribution in [3.05, 3.63) is 35.6 Å². The van der Waals surface area contributed by atoms with Crippen LogP contribution in [0.5, 0.6) is 0 Å². The molecule has 2 rings (SSSR count). The van der Waals surface area contributed by atoms with E-state index in [4.69, 9.17) is 4.84 Å². The Balaban J connectivity index is 1.96. The van der Waals surface area contributed by atoms with Gasteiger partial charge in [-0.2, -0.15) is 0 Å². The number of benzene rings is 1. The van der Waals surface area contributed by atoms with Gasteiger partial charge < -0.3 is 4.89 Å². The van der Waals surface area contributed by atoms with E-state index in [0.29, 0.717) is 31.6 Å². The van der Waals surface area contributed by atoms with Crippen LogP contribution in [0.15, 0.2) is 24.3 Å². The normalized spacial score (nSPS) is 20.9. The summed E-state index contributed by atoms with van der Waals surface area (Å²) in [6.45, 7) is 2.89. The molecule has 1 aliphatic rings. The number of rotatable bonds is 8. The summed E-state index contributed by atoms with van der Waals surface area (Å²) < 4.78 is 25.7. The third kappa shape index (κ3) is 5.11. The minimum Gasteiger partial charge on any atom is -0.333 e. The minimum atomic E-state index is -3.92. The lowest BCUT2D eigenvalue weighted by molar-refractivity contribution is -0.191. The van der Waals surface area contributed by atoms with Crippen LogP contribution < -0.4 is 5.09 Å². The molecule has 1 aromatic carbocycles. The van der Waals surface area contributed by atoms with E-state index in [1.807, 2.05) is 6.92 Å². The summed E-state index contributed by atoms with van der Waals surface area (Å²) in [5.41, 5.74) is -0.481. The number of hydrogen-bond acceptors (Lipinski definition) is 3. The number of hydroxylamine groups is 2. The molecule has 0 aromatic heterocycles. The molecule has 2 atom stereocenters. The first-order valence-corrected chi connectivity index (χ1v) is 9.93. The molecule has 1 amide bonds. The maximum absolute atomic E-state index is 13.2. The highest BCUT2D eigenvalue weighted by atomic mass is 31.2. The van der Waals surface area contributed by atoms with E-state index in [1.54, 1.807) is 6.07 Å². The molecule has 6 nitrogen and oxygen atoms in total.